The van der Waals surface area contributed by atoms with E-state index in [1.807, 2.05) is 0 Å². The Morgan fingerprint density at radius 1 is 1.21 bits per heavy atom. The fourth-order valence-electron chi connectivity index (χ4n) is 1.41. The van der Waals surface area contributed by atoms with Crippen LogP contribution in [0.2, 0.25) is 0 Å². The van der Waals surface area contributed by atoms with Gasteiger partial charge in [0.25, 0.3) is 0 Å². The minimum absolute atomic E-state index is 0.288. The minimum atomic E-state index is 0.288. The lowest BCUT2D eigenvalue weighted by Crippen LogP contribution is -1.89. The van der Waals surface area contributed by atoms with Gasteiger partial charge >= 0.3 is 0 Å². The van der Waals surface area contributed by atoms with Crippen molar-refractivity contribution in [1.29, 1.82) is 0 Å². The SMILES string of the molecule is CC(=O)CC/C=C(/C)CCCC(C)C. The van der Waals surface area contributed by atoms with Crippen molar-refractivity contribution in [3.8, 4) is 0 Å². The quantitative estimate of drug-likeness (QED) is 0.560. The molecule has 0 bridgehead atoms. The zero-order chi connectivity index (χ0) is 11.0. The monoisotopic (exact) mass is 196 g/mol. The normalized spacial score (nSPS) is 12.2. The Morgan fingerprint density at radius 3 is 2.36 bits per heavy atom. The van der Waals surface area contributed by atoms with Gasteiger partial charge in [-0.1, -0.05) is 31.9 Å². The predicted molar refractivity (Wildman–Crippen MR) is 62.4 cm³/mol. The number of allylic oxidation sites excluding steroid dienone is 2. The summed E-state index contributed by atoms with van der Waals surface area (Å²) in [6.45, 7) is 8.34. The van der Waals surface area contributed by atoms with Crippen LogP contribution in [0.1, 0.15) is 59.8 Å². The fraction of sp³-hybridized carbons (Fsp3) is 0.769. The highest BCUT2D eigenvalue weighted by atomic mass is 16.1. The van der Waals surface area contributed by atoms with Crippen molar-refractivity contribution in [2.75, 3.05) is 0 Å². The van der Waals surface area contributed by atoms with Gasteiger partial charge < -0.3 is 4.79 Å². The molecule has 0 aliphatic heterocycles. The van der Waals surface area contributed by atoms with Gasteiger partial charge in [0.2, 0.25) is 0 Å². The molecule has 0 aromatic carbocycles. The molecule has 0 N–H and O–H groups in total. The second-order valence-corrected chi connectivity index (χ2v) is 4.58. The molecule has 0 aliphatic rings. The Kier molecular flexibility index (Phi) is 7.45. The van der Waals surface area contributed by atoms with Gasteiger partial charge in [-0.3, -0.25) is 0 Å². The summed E-state index contributed by atoms with van der Waals surface area (Å²) >= 11 is 0. The van der Waals surface area contributed by atoms with Gasteiger partial charge in [-0.15, -0.1) is 0 Å². The molecule has 0 unspecified atom stereocenters. The average Bonchev–Trinajstić information content (AvgIpc) is 2.02. The number of carbonyl (C=O) groups is 1. The maximum absolute atomic E-state index is 10.7. The Morgan fingerprint density at radius 2 is 1.86 bits per heavy atom. The highest BCUT2D eigenvalue weighted by Crippen LogP contribution is 2.12. The van der Waals surface area contributed by atoms with Gasteiger partial charge in [0, 0.05) is 6.42 Å². The predicted octanol–water partition coefficient (Wildman–Crippen LogP) is 4.13. The second kappa shape index (κ2) is 7.78. The zero-order valence-corrected chi connectivity index (χ0v) is 10.1. The van der Waals surface area contributed by atoms with Crippen molar-refractivity contribution < 1.29 is 4.79 Å². The Hall–Kier alpha value is -0.590. The Bertz CT molecular complexity index is 189. The molecule has 0 saturated heterocycles. The minimum Gasteiger partial charge on any atom is -0.300 e. The van der Waals surface area contributed by atoms with Crippen molar-refractivity contribution in [3.63, 3.8) is 0 Å². The molecule has 1 nitrogen and oxygen atoms in total. The number of Topliss-reactive ketones (excluding diaryl/α,β-unsaturated/α-hetero) is 1. The van der Waals surface area contributed by atoms with E-state index in [2.05, 4.69) is 26.8 Å². The molecule has 0 fully saturated rings. The van der Waals surface area contributed by atoms with E-state index in [0.717, 1.165) is 12.3 Å². The van der Waals surface area contributed by atoms with Crippen molar-refractivity contribution in [3.05, 3.63) is 11.6 Å². The molecule has 0 aromatic heterocycles. The van der Waals surface area contributed by atoms with Gasteiger partial charge in [0.05, 0.1) is 0 Å². The van der Waals surface area contributed by atoms with E-state index < -0.39 is 0 Å². The third-order valence-corrected chi connectivity index (χ3v) is 2.34. The van der Waals surface area contributed by atoms with Gasteiger partial charge in [-0.2, -0.15) is 0 Å². The maximum atomic E-state index is 10.7. The molecule has 0 amide bonds. The lowest BCUT2D eigenvalue weighted by atomic mass is 10.0. The highest BCUT2D eigenvalue weighted by Gasteiger charge is 1.96. The van der Waals surface area contributed by atoms with Crippen LogP contribution in [-0.2, 0) is 4.79 Å². The summed E-state index contributed by atoms with van der Waals surface area (Å²) in [6, 6.07) is 0. The van der Waals surface area contributed by atoms with Crippen LogP contribution in [0.15, 0.2) is 11.6 Å². The Balaban J connectivity index is 3.51. The molecule has 0 saturated carbocycles. The summed E-state index contributed by atoms with van der Waals surface area (Å²) in [4.78, 5) is 10.7. The molecule has 82 valence electrons. The van der Waals surface area contributed by atoms with Crippen LogP contribution in [0.25, 0.3) is 0 Å². The van der Waals surface area contributed by atoms with E-state index in [9.17, 15) is 4.79 Å². The van der Waals surface area contributed by atoms with Crippen molar-refractivity contribution in [2.45, 2.75) is 59.8 Å². The van der Waals surface area contributed by atoms with Gasteiger partial charge in [0.15, 0.2) is 0 Å². The third-order valence-electron chi connectivity index (χ3n) is 2.34. The summed E-state index contributed by atoms with van der Waals surface area (Å²) in [5.74, 6) is 1.09. The first-order valence-electron chi connectivity index (χ1n) is 5.67. The van der Waals surface area contributed by atoms with E-state index >= 15 is 0 Å². The fourth-order valence-corrected chi connectivity index (χ4v) is 1.41. The van der Waals surface area contributed by atoms with Crippen LogP contribution in [0.3, 0.4) is 0 Å². The van der Waals surface area contributed by atoms with E-state index in [1.54, 1.807) is 6.92 Å². The third kappa shape index (κ3) is 9.50. The van der Waals surface area contributed by atoms with Gasteiger partial charge in [-0.25, -0.2) is 0 Å². The highest BCUT2D eigenvalue weighted by molar-refractivity contribution is 5.75. The number of ketones is 1. The van der Waals surface area contributed by atoms with Crippen molar-refractivity contribution in [1.82, 2.24) is 0 Å². The Labute approximate surface area is 88.6 Å². The topological polar surface area (TPSA) is 17.1 Å². The van der Waals surface area contributed by atoms with Crippen LogP contribution < -0.4 is 0 Å². The van der Waals surface area contributed by atoms with Crippen LogP contribution >= 0.6 is 0 Å². The molecular formula is C13H24O. The molecule has 0 aliphatic carbocycles. The van der Waals surface area contributed by atoms with E-state index in [-0.39, 0.29) is 5.78 Å². The van der Waals surface area contributed by atoms with Crippen LogP contribution in [-0.4, -0.2) is 5.78 Å². The summed E-state index contributed by atoms with van der Waals surface area (Å²) < 4.78 is 0. The summed E-state index contributed by atoms with van der Waals surface area (Å²) in [5.41, 5.74) is 1.44. The molecule has 1 heteroatoms. The van der Waals surface area contributed by atoms with E-state index in [4.69, 9.17) is 0 Å². The summed E-state index contributed by atoms with van der Waals surface area (Å²) in [5, 5.41) is 0. The first kappa shape index (κ1) is 13.4. The molecule has 0 radical (unpaired) electrons. The molecule has 0 rings (SSSR count). The van der Waals surface area contributed by atoms with E-state index in [0.29, 0.717) is 6.42 Å². The number of rotatable bonds is 7. The van der Waals surface area contributed by atoms with E-state index in [1.165, 1.54) is 24.8 Å². The molecule has 14 heavy (non-hydrogen) atoms. The molecule has 0 spiro atoms. The van der Waals surface area contributed by atoms with Crippen LogP contribution in [0, 0.1) is 5.92 Å². The first-order chi connectivity index (χ1) is 6.52. The van der Waals surface area contributed by atoms with Crippen LogP contribution in [0.4, 0.5) is 0 Å². The number of carbonyl (C=O) groups excluding carboxylic acids is 1. The summed E-state index contributed by atoms with van der Waals surface area (Å²) in [6.07, 6.45) is 7.60. The lowest BCUT2D eigenvalue weighted by Gasteiger charge is -2.04. The van der Waals surface area contributed by atoms with Gasteiger partial charge in [-0.05, 0) is 39.0 Å². The molecule has 0 aromatic rings. The smallest absolute Gasteiger partial charge is 0.130 e. The standard InChI is InChI=1S/C13H24O/c1-11(2)7-5-8-12(3)9-6-10-13(4)14/h9,11H,5-8,10H2,1-4H3/b12-9-. The first-order valence-corrected chi connectivity index (χ1v) is 5.67. The molecule has 0 atom stereocenters. The van der Waals surface area contributed by atoms with Crippen molar-refractivity contribution >= 4 is 5.78 Å². The molecular weight excluding hydrogens is 172 g/mol. The lowest BCUT2D eigenvalue weighted by molar-refractivity contribution is -0.116. The zero-order valence-electron chi connectivity index (χ0n) is 10.1. The second-order valence-electron chi connectivity index (χ2n) is 4.58. The number of hydrogen-bond donors (Lipinski definition) is 0. The summed E-state index contributed by atoms with van der Waals surface area (Å²) in [7, 11) is 0. The van der Waals surface area contributed by atoms with Crippen molar-refractivity contribution in [2.24, 2.45) is 5.92 Å². The largest absolute Gasteiger partial charge is 0.300 e. The molecule has 0 heterocycles. The van der Waals surface area contributed by atoms with Crippen LogP contribution in [0.5, 0.6) is 0 Å². The number of hydrogen-bond acceptors (Lipinski definition) is 1. The average molecular weight is 196 g/mol. The van der Waals surface area contributed by atoms with Gasteiger partial charge in [0.1, 0.15) is 5.78 Å². The maximum Gasteiger partial charge on any atom is 0.130 e.